The summed E-state index contributed by atoms with van der Waals surface area (Å²) >= 11 is 3.19. The molecule has 0 amide bonds. The number of rotatable bonds is 7. The summed E-state index contributed by atoms with van der Waals surface area (Å²) in [6.07, 6.45) is 0. The maximum Gasteiger partial charge on any atom is 0.237 e. The largest absolute Gasteiger partial charge is 0.497 e. The molecule has 0 aliphatic carbocycles. The van der Waals surface area contributed by atoms with Gasteiger partial charge in [-0.3, -0.25) is 0 Å². The van der Waals surface area contributed by atoms with E-state index in [1.165, 1.54) is 11.8 Å². The Labute approximate surface area is 164 Å². The lowest BCUT2D eigenvalue weighted by atomic mass is 10.2. The second kappa shape index (κ2) is 7.93. The molecule has 7 nitrogen and oxygen atoms in total. The average Bonchev–Trinajstić information content (AvgIpc) is 3.46. The van der Waals surface area contributed by atoms with E-state index in [2.05, 4.69) is 31.8 Å². The van der Waals surface area contributed by atoms with Crippen molar-refractivity contribution in [2.75, 3.05) is 7.11 Å². The Morgan fingerprint density at radius 1 is 1.22 bits per heavy atom. The van der Waals surface area contributed by atoms with Gasteiger partial charge in [-0.25, -0.2) is 0 Å². The van der Waals surface area contributed by atoms with E-state index in [-0.39, 0.29) is 0 Å². The fourth-order valence-corrected chi connectivity index (χ4v) is 4.14. The van der Waals surface area contributed by atoms with Gasteiger partial charge in [0.05, 0.1) is 17.7 Å². The molecule has 0 aliphatic heterocycles. The number of ether oxygens (including phenoxy) is 1. The number of nitrogens with zero attached hydrogens (tertiary/aromatic N) is 5. The van der Waals surface area contributed by atoms with Crippen LogP contribution in [0, 0.1) is 0 Å². The zero-order chi connectivity index (χ0) is 18.6. The molecule has 0 saturated carbocycles. The second-order valence-electron chi connectivity index (χ2n) is 5.56. The van der Waals surface area contributed by atoms with Crippen molar-refractivity contribution in [3.05, 3.63) is 47.7 Å². The zero-order valence-electron chi connectivity index (χ0n) is 14.8. The Bertz CT molecular complexity index is 1030. The fourth-order valence-electron chi connectivity index (χ4n) is 2.59. The summed E-state index contributed by atoms with van der Waals surface area (Å²) in [5.41, 5.74) is 0.853. The molecular formula is C18H17N5O2S2. The number of aromatic nitrogens is 5. The number of benzene rings is 1. The van der Waals surface area contributed by atoms with Gasteiger partial charge in [0.2, 0.25) is 11.7 Å². The molecule has 4 aromatic rings. The Hall–Kier alpha value is -2.65. The third kappa shape index (κ3) is 3.74. The molecule has 27 heavy (non-hydrogen) atoms. The summed E-state index contributed by atoms with van der Waals surface area (Å²) in [7, 11) is 1.63. The van der Waals surface area contributed by atoms with Crippen LogP contribution in [0.3, 0.4) is 0 Å². The van der Waals surface area contributed by atoms with Crippen molar-refractivity contribution in [2.45, 2.75) is 24.4 Å². The summed E-state index contributed by atoms with van der Waals surface area (Å²) in [6.45, 7) is 2.87. The number of hydrogen-bond donors (Lipinski definition) is 0. The van der Waals surface area contributed by atoms with Gasteiger partial charge in [0.25, 0.3) is 0 Å². The van der Waals surface area contributed by atoms with Crippen LogP contribution in [0.5, 0.6) is 5.75 Å². The summed E-state index contributed by atoms with van der Waals surface area (Å²) < 4.78 is 12.7. The highest BCUT2D eigenvalue weighted by Crippen LogP contribution is 2.29. The van der Waals surface area contributed by atoms with Crippen LogP contribution in [0.1, 0.15) is 12.8 Å². The fraction of sp³-hybridized carbons (Fsp3) is 0.222. The Morgan fingerprint density at radius 2 is 2.15 bits per heavy atom. The first-order valence-corrected chi connectivity index (χ1v) is 10.2. The third-order valence-electron chi connectivity index (χ3n) is 3.90. The Balaban J connectivity index is 1.49. The number of thiophene rings is 1. The molecule has 1 aromatic carbocycles. The molecule has 9 heteroatoms. The van der Waals surface area contributed by atoms with Crippen LogP contribution >= 0.6 is 23.1 Å². The van der Waals surface area contributed by atoms with Crippen LogP contribution in [0.15, 0.2) is 51.5 Å². The maximum absolute atomic E-state index is 5.39. The Kier molecular flexibility index (Phi) is 5.21. The lowest BCUT2D eigenvalue weighted by Gasteiger charge is -2.04. The molecule has 0 aliphatic rings. The van der Waals surface area contributed by atoms with Crippen molar-refractivity contribution < 1.29 is 9.26 Å². The van der Waals surface area contributed by atoms with Crippen LogP contribution in [-0.2, 0) is 12.3 Å². The van der Waals surface area contributed by atoms with Crippen molar-refractivity contribution in [3.8, 4) is 27.8 Å². The van der Waals surface area contributed by atoms with E-state index in [4.69, 9.17) is 9.26 Å². The normalized spacial score (nSPS) is 11.0. The van der Waals surface area contributed by atoms with E-state index in [1.54, 1.807) is 18.4 Å². The summed E-state index contributed by atoms with van der Waals surface area (Å²) in [4.78, 5) is 5.58. The highest BCUT2D eigenvalue weighted by molar-refractivity contribution is 7.98. The SMILES string of the molecule is CCn1c(SCc2nc(-c3cccc(OC)c3)no2)nnc1-c1cccs1. The quantitative estimate of drug-likeness (QED) is 0.427. The lowest BCUT2D eigenvalue weighted by Crippen LogP contribution is -1.99. The van der Waals surface area contributed by atoms with Crippen LogP contribution in [0.4, 0.5) is 0 Å². The van der Waals surface area contributed by atoms with Gasteiger partial charge in [-0.05, 0) is 30.5 Å². The topological polar surface area (TPSA) is 78.9 Å². The molecule has 0 bridgehead atoms. The molecule has 0 radical (unpaired) electrons. The van der Waals surface area contributed by atoms with Crippen LogP contribution in [0.25, 0.3) is 22.1 Å². The molecule has 3 aromatic heterocycles. The predicted octanol–water partition coefficient (Wildman–Crippen LogP) is 4.38. The van der Waals surface area contributed by atoms with Gasteiger partial charge in [-0.2, -0.15) is 4.98 Å². The molecule has 4 rings (SSSR count). The number of thioether (sulfide) groups is 1. The first-order chi connectivity index (χ1) is 13.3. The number of hydrogen-bond acceptors (Lipinski definition) is 8. The standard InChI is InChI=1S/C18H17N5O2S2/c1-3-23-17(14-8-5-9-26-14)20-21-18(23)27-11-15-19-16(22-25-15)12-6-4-7-13(10-12)24-2/h4-10H,3,11H2,1-2H3. The Morgan fingerprint density at radius 3 is 2.93 bits per heavy atom. The second-order valence-corrected chi connectivity index (χ2v) is 7.45. The van der Waals surface area contributed by atoms with Gasteiger partial charge in [-0.15, -0.1) is 21.5 Å². The minimum Gasteiger partial charge on any atom is -0.497 e. The highest BCUT2D eigenvalue weighted by Gasteiger charge is 2.16. The smallest absolute Gasteiger partial charge is 0.237 e. The molecule has 0 spiro atoms. The van der Waals surface area contributed by atoms with E-state index < -0.39 is 0 Å². The molecule has 3 heterocycles. The average molecular weight is 400 g/mol. The molecule has 0 fully saturated rings. The molecule has 0 unspecified atom stereocenters. The summed E-state index contributed by atoms with van der Waals surface area (Å²) in [5, 5.41) is 15.6. The number of methoxy groups -OCH3 is 1. The van der Waals surface area contributed by atoms with E-state index in [9.17, 15) is 0 Å². The van der Waals surface area contributed by atoms with Crippen LogP contribution < -0.4 is 4.74 Å². The van der Waals surface area contributed by atoms with Gasteiger partial charge in [0.15, 0.2) is 11.0 Å². The van der Waals surface area contributed by atoms with Crippen molar-refractivity contribution in [1.29, 1.82) is 0 Å². The third-order valence-corrected chi connectivity index (χ3v) is 5.71. The highest BCUT2D eigenvalue weighted by atomic mass is 32.2. The molecule has 0 saturated heterocycles. The lowest BCUT2D eigenvalue weighted by molar-refractivity contribution is 0.391. The van der Waals surface area contributed by atoms with E-state index >= 15 is 0 Å². The van der Waals surface area contributed by atoms with Crippen molar-refractivity contribution >= 4 is 23.1 Å². The minimum absolute atomic E-state index is 0.527. The molecule has 138 valence electrons. The van der Waals surface area contributed by atoms with E-state index in [0.29, 0.717) is 17.5 Å². The van der Waals surface area contributed by atoms with Gasteiger partial charge in [0.1, 0.15) is 5.75 Å². The zero-order valence-corrected chi connectivity index (χ0v) is 16.5. The molecule has 0 atom stereocenters. The first kappa shape index (κ1) is 17.7. The maximum atomic E-state index is 5.39. The van der Waals surface area contributed by atoms with Crippen LogP contribution in [-0.4, -0.2) is 32.0 Å². The van der Waals surface area contributed by atoms with Crippen molar-refractivity contribution in [2.24, 2.45) is 0 Å². The first-order valence-electron chi connectivity index (χ1n) is 8.35. The summed E-state index contributed by atoms with van der Waals surface area (Å²) in [5.74, 6) is 3.25. The van der Waals surface area contributed by atoms with Gasteiger partial charge < -0.3 is 13.8 Å². The molecule has 0 N–H and O–H groups in total. The van der Waals surface area contributed by atoms with Crippen LogP contribution in [0.2, 0.25) is 0 Å². The van der Waals surface area contributed by atoms with Gasteiger partial charge in [0, 0.05) is 12.1 Å². The van der Waals surface area contributed by atoms with E-state index in [1.807, 2.05) is 41.8 Å². The summed E-state index contributed by atoms with van der Waals surface area (Å²) in [6, 6.07) is 11.6. The van der Waals surface area contributed by atoms with E-state index in [0.717, 1.165) is 33.7 Å². The van der Waals surface area contributed by atoms with Crippen molar-refractivity contribution in [1.82, 2.24) is 24.9 Å². The minimum atomic E-state index is 0.527. The van der Waals surface area contributed by atoms with Gasteiger partial charge >= 0.3 is 0 Å². The monoisotopic (exact) mass is 399 g/mol. The predicted molar refractivity (Wildman–Crippen MR) is 105 cm³/mol. The van der Waals surface area contributed by atoms with Gasteiger partial charge in [-0.1, -0.05) is 35.1 Å². The van der Waals surface area contributed by atoms with Crippen molar-refractivity contribution in [3.63, 3.8) is 0 Å². The molecular weight excluding hydrogens is 382 g/mol.